The van der Waals surface area contributed by atoms with Gasteiger partial charge < -0.3 is 5.11 Å². The molecule has 0 spiro atoms. The summed E-state index contributed by atoms with van der Waals surface area (Å²) in [5.41, 5.74) is 0. The van der Waals surface area contributed by atoms with Crippen molar-refractivity contribution in [2.24, 2.45) is 0 Å². The van der Waals surface area contributed by atoms with Crippen LogP contribution in [0.5, 0.6) is 0 Å². The Labute approximate surface area is 50.3 Å². The molecule has 0 saturated carbocycles. The second-order valence-electron chi connectivity index (χ2n) is 1.54. The molecule has 46 valence electrons. The molecular weight excluding hydrogens is 100 g/mol. The molecule has 0 amide bonds. The van der Waals surface area contributed by atoms with Crippen molar-refractivity contribution in [3.8, 4) is 0 Å². The van der Waals surface area contributed by atoms with Crippen LogP contribution in [0.4, 0.5) is 0 Å². The minimum atomic E-state index is -0.398. The van der Waals surface area contributed by atoms with Crippen LogP contribution in [0, 0.1) is 0 Å². The third kappa shape index (κ3) is 3.62. The van der Waals surface area contributed by atoms with Crippen LogP contribution in [0.15, 0.2) is 24.3 Å². The Hall–Kier alpha value is -0.560. The molecule has 0 aromatic rings. The third-order valence-corrected chi connectivity index (χ3v) is 0.779. The highest BCUT2D eigenvalue weighted by molar-refractivity contribution is 4.98. The summed E-state index contributed by atoms with van der Waals surface area (Å²) < 4.78 is 0. The first-order chi connectivity index (χ1) is 3.81. The Kier molecular flexibility index (Phi) is 4.27. The van der Waals surface area contributed by atoms with Crippen LogP contribution in [0.1, 0.15) is 13.8 Å². The first kappa shape index (κ1) is 7.44. The molecule has 0 heterocycles. The molecule has 0 aliphatic rings. The molecule has 0 aromatic heterocycles. The summed E-state index contributed by atoms with van der Waals surface area (Å²) in [5, 5.41) is 8.88. The second-order valence-corrected chi connectivity index (χ2v) is 1.54. The highest BCUT2D eigenvalue weighted by Crippen LogP contribution is 1.86. The molecule has 0 aromatic carbocycles. The van der Waals surface area contributed by atoms with E-state index in [4.69, 9.17) is 5.11 Å². The lowest BCUT2D eigenvalue weighted by Gasteiger charge is -1.92. The average molecular weight is 112 g/mol. The molecule has 1 N–H and O–H groups in total. The molecule has 0 aliphatic carbocycles. The van der Waals surface area contributed by atoms with E-state index in [1.54, 1.807) is 12.2 Å². The Morgan fingerprint density at radius 1 is 1.12 bits per heavy atom. The quantitative estimate of drug-likeness (QED) is 0.537. The van der Waals surface area contributed by atoms with E-state index in [1.807, 2.05) is 26.0 Å². The lowest BCUT2D eigenvalue weighted by Crippen LogP contribution is -1.93. The first-order valence-corrected chi connectivity index (χ1v) is 2.75. The van der Waals surface area contributed by atoms with E-state index in [9.17, 15) is 0 Å². The lowest BCUT2D eigenvalue weighted by atomic mass is 10.3. The molecule has 0 radical (unpaired) electrons. The van der Waals surface area contributed by atoms with Crippen molar-refractivity contribution in [2.45, 2.75) is 20.0 Å². The molecule has 0 aliphatic heterocycles. The third-order valence-electron chi connectivity index (χ3n) is 0.779. The number of allylic oxidation sites excluding steroid dienone is 2. The number of aliphatic hydroxyl groups excluding tert-OH is 1. The van der Waals surface area contributed by atoms with Gasteiger partial charge in [-0.1, -0.05) is 24.3 Å². The molecule has 0 atom stereocenters. The van der Waals surface area contributed by atoms with Crippen molar-refractivity contribution in [3.05, 3.63) is 24.3 Å². The summed E-state index contributed by atoms with van der Waals surface area (Å²) in [6.45, 7) is 3.76. The zero-order valence-corrected chi connectivity index (χ0v) is 5.33. The molecule has 0 fully saturated rings. The van der Waals surface area contributed by atoms with Gasteiger partial charge in [0, 0.05) is 0 Å². The maximum atomic E-state index is 8.88. The fourth-order valence-corrected chi connectivity index (χ4v) is 0.459. The molecule has 0 saturated heterocycles. The van der Waals surface area contributed by atoms with Gasteiger partial charge in [0.25, 0.3) is 0 Å². The van der Waals surface area contributed by atoms with Gasteiger partial charge >= 0.3 is 0 Å². The van der Waals surface area contributed by atoms with E-state index < -0.39 is 6.10 Å². The summed E-state index contributed by atoms with van der Waals surface area (Å²) >= 11 is 0. The van der Waals surface area contributed by atoms with Gasteiger partial charge in [-0.3, -0.25) is 0 Å². The van der Waals surface area contributed by atoms with Crippen molar-refractivity contribution in [1.29, 1.82) is 0 Å². The summed E-state index contributed by atoms with van der Waals surface area (Å²) in [4.78, 5) is 0. The highest BCUT2D eigenvalue weighted by Gasteiger charge is 1.84. The predicted octanol–water partition coefficient (Wildman–Crippen LogP) is 1.50. The van der Waals surface area contributed by atoms with Crippen LogP contribution in [0.25, 0.3) is 0 Å². The number of hydrogen-bond acceptors (Lipinski definition) is 1. The molecule has 1 nitrogen and oxygen atoms in total. The standard InChI is InChI=1S/C7H12O/c1-3-5-7(8)6-4-2/h3-8H,1-2H3/b5-3-,6-4-. The zero-order valence-electron chi connectivity index (χ0n) is 5.33. The van der Waals surface area contributed by atoms with E-state index in [2.05, 4.69) is 0 Å². The predicted molar refractivity (Wildman–Crippen MR) is 35.6 cm³/mol. The van der Waals surface area contributed by atoms with E-state index in [0.29, 0.717) is 0 Å². The van der Waals surface area contributed by atoms with Crippen molar-refractivity contribution < 1.29 is 5.11 Å². The topological polar surface area (TPSA) is 20.2 Å². The van der Waals surface area contributed by atoms with E-state index >= 15 is 0 Å². The maximum absolute atomic E-state index is 8.88. The van der Waals surface area contributed by atoms with Gasteiger partial charge in [-0.2, -0.15) is 0 Å². The molecule has 0 unspecified atom stereocenters. The van der Waals surface area contributed by atoms with Crippen molar-refractivity contribution in [2.75, 3.05) is 0 Å². The monoisotopic (exact) mass is 112 g/mol. The molecule has 8 heavy (non-hydrogen) atoms. The van der Waals surface area contributed by atoms with Gasteiger partial charge in [-0.15, -0.1) is 0 Å². The Bertz CT molecular complexity index is 80.6. The zero-order chi connectivity index (χ0) is 6.41. The molecular formula is C7H12O. The number of hydrogen-bond donors (Lipinski definition) is 1. The van der Waals surface area contributed by atoms with Crippen molar-refractivity contribution in [3.63, 3.8) is 0 Å². The van der Waals surface area contributed by atoms with Gasteiger partial charge in [-0.25, -0.2) is 0 Å². The highest BCUT2D eigenvalue weighted by atomic mass is 16.3. The van der Waals surface area contributed by atoms with Gasteiger partial charge in [0.15, 0.2) is 0 Å². The summed E-state index contributed by atoms with van der Waals surface area (Å²) in [6.07, 6.45) is 6.69. The van der Waals surface area contributed by atoms with Crippen molar-refractivity contribution in [1.82, 2.24) is 0 Å². The second kappa shape index (κ2) is 4.60. The fourth-order valence-electron chi connectivity index (χ4n) is 0.459. The fraction of sp³-hybridized carbons (Fsp3) is 0.429. The van der Waals surface area contributed by atoms with Crippen LogP contribution in [-0.2, 0) is 0 Å². The average Bonchev–Trinajstić information content (AvgIpc) is 1.68. The lowest BCUT2D eigenvalue weighted by molar-refractivity contribution is 0.271. The first-order valence-electron chi connectivity index (χ1n) is 2.75. The van der Waals surface area contributed by atoms with Gasteiger partial charge in [0.1, 0.15) is 0 Å². The summed E-state index contributed by atoms with van der Waals surface area (Å²) in [7, 11) is 0. The van der Waals surface area contributed by atoms with E-state index in [0.717, 1.165) is 0 Å². The summed E-state index contributed by atoms with van der Waals surface area (Å²) in [5.74, 6) is 0. The van der Waals surface area contributed by atoms with Gasteiger partial charge in [-0.05, 0) is 13.8 Å². The SMILES string of the molecule is C/C=C\C(O)/C=C\C. The van der Waals surface area contributed by atoms with Crippen LogP contribution < -0.4 is 0 Å². The molecule has 0 rings (SSSR count). The molecule has 0 bridgehead atoms. The van der Waals surface area contributed by atoms with Gasteiger partial charge in [0.05, 0.1) is 6.10 Å². The van der Waals surface area contributed by atoms with E-state index in [-0.39, 0.29) is 0 Å². The van der Waals surface area contributed by atoms with Gasteiger partial charge in [0.2, 0.25) is 0 Å². The van der Waals surface area contributed by atoms with Crippen molar-refractivity contribution >= 4 is 0 Å². The van der Waals surface area contributed by atoms with Crippen LogP contribution >= 0.6 is 0 Å². The van der Waals surface area contributed by atoms with Crippen LogP contribution in [-0.4, -0.2) is 11.2 Å². The minimum absolute atomic E-state index is 0.398. The minimum Gasteiger partial charge on any atom is -0.385 e. The van der Waals surface area contributed by atoms with Crippen LogP contribution in [0.3, 0.4) is 0 Å². The smallest absolute Gasteiger partial charge is 0.0902 e. The normalized spacial score (nSPS) is 12.5. The number of aliphatic hydroxyl groups is 1. The largest absolute Gasteiger partial charge is 0.385 e. The Morgan fingerprint density at radius 3 is 1.75 bits per heavy atom. The molecule has 1 heteroatoms. The number of rotatable bonds is 2. The van der Waals surface area contributed by atoms with Crippen LogP contribution in [0.2, 0.25) is 0 Å². The van der Waals surface area contributed by atoms with E-state index in [1.165, 1.54) is 0 Å². The Morgan fingerprint density at radius 2 is 1.50 bits per heavy atom. The Balaban J connectivity index is 3.47. The summed E-state index contributed by atoms with van der Waals surface area (Å²) in [6, 6.07) is 0. The maximum Gasteiger partial charge on any atom is 0.0902 e.